The molecule has 0 saturated carbocycles. The van der Waals surface area contributed by atoms with E-state index >= 15 is 0 Å². The van der Waals surface area contributed by atoms with Crippen LogP contribution in [0.1, 0.15) is 18.4 Å². The van der Waals surface area contributed by atoms with E-state index in [-0.39, 0.29) is 6.61 Å². The maximum absolute atomic E-state index is 8.92. The number of nitrogens with zero attached hydrogens (tertiary/aromatic N) is 2. The number of anilines is 2. The first-order valence-electron chi connectivity index (χ1n) is 5.78. The number of aromatic nitrogens is 1. The Hall–Kier alpha value is -1.29. The van der Waals surface area contributed by atoms with Crippen molar-refractivity contribution in [3.05, 3.63) is 17.8 Å². The summed E-state index contributed by atoms with van der Waals surface area (Å²) in [7, 11) is 0. The van der Waals surface area contributed by atoms with Crippen LogP contribution in [0.3, 0.4) is 0 Å². The molecule has 0 amide bonds. The number of hydrogen-bond donors (Lipinski definition) is 2. The fraction of sp³-hybridized carbons (Fsp3) is 0.583. The molecule has 0 radical (unpaired) electrons. The van der Waals surface area contributed by atoms with Crippen molar-refractivity contribution < 1.29 is 5.11 Å². The van der Waals surface area contributed by atoms with E-state index < -0.39 is 0 Å². The van der Waals surface area contributed by atoms with Crippen molar-refractivity contribution >= 4 is 11.5 Å². The third-order valence-corrected chi connectivity index (χ3v) is 3.15. The molecule has 88 valence electrons. The largest absolute Gasteiger partial charge is 0.396 e. The van der Waals surface area contributed by atoms with Gasteiger partial charge in [-0.3, -0.25) is 0 Å². The molecule has 0 spiro atoms. The van der Waals surface area contributed by atoms with Crippen molar-refractivity contribution in [1.29, 1.82) is 0 Å². The fourth-order valence-corrected chi connectivity index (χ4v) is 2.29. The van der Waals surface area contributed by atoms with Crippen LogP contribution in [0.4, 0.5) is 11.5 Å². The first-order valence-corrected chi connectivity index (χ1v) is 5.78. The lowest BCUT2D eigenvalue weighted by Crippen LogP contribution is -2.22. The summed E-state index contributed by atoms with van der Waals surface area (Å²) in [6.45, 7) is 4.22. The van der Waals surface area contributed by atoms with Crippen LogP contribution >= 0.6 is 0 Å². The van der Waals surface area contributed by atoms with Crippen LogP contribution in [-0.2, 0) is 0 Å². The van der Waals surface area contributed by atoms with Gasteiger partial charge in [0.25, 0.3) is 0 Å². The maximum atomic E-state index is 8.92. The summed E-state index contributed by atoms with van der Waals surface area (Å²) in [5, 5.41) is 8.92. The van der Waals surface area contributed by atoms with Crippen molar-refractivity contribution in [2.75, 3.05) is 30.3 Å². The zero-order chi connectivity index (χ0) is 11.5. The summed E-state index contributed by atoms with van der Waals surface area (Å²) >= 11 is 0. The van der Waals surface area contributed by atoms with Gasteiger partial charge in [0, 0.05) is 25.9 Å². The smallest absolute Gasteiger partial charge is 0.151 e. The van der Waals surface area contributed by atoms with Gasteiger partial charge in [-0.1, -0.05) is 0 Å². The number of aliphatic hydroxyl groups is 1. The second-order valence-corrected chi connectivity index (χ2v) is 4.54. The van der Waals surface area contributed by atoms with E-state index in [9.17, 15) is 0 Å². The van der Waals surface area contributed by atoms with Crippen LogP contribution < -0.4 is 10.6 Å². The van der Waals surface area contributed by atoms with E-state index in [1.165, 1.54) is 0 Å². The molecule has 1 aliphatic heterocycles. The number of aryl methyl sites for hydroxylation is 1. The number of aliphatic hydroxyl groups excluding tert-OH is 1. The molecule has 1 aromatic heterocycles. The maximum Gasteiger partial charge on any atom is 0.151 e. The Morgan fingerprint density at radius 3 is 3.12 bits per heavy atom. The molecular formula is C12H19N3O. The molecule has 1 aromatic rings. The van der Waals surface area contributed by atoms with Crippen molar-refractivity contribution in [3.8, 4) is 0 Å². The SMILES string of the molecule is Cc1cnc(N2CCC(CCO)C2)c(N)c1. The summed E-state index contributed by atoms with van der Waals surface area (Å²) in [5.41, 5.74) is 7.81. The lowest BCUT2D eigenvalue weighted by molar-refractivity contribution is 0.263. The van der Waals surface area contributed by atoms with E-state index in [0.717, 1.165) is 43.0 Å². The van der Waals surface area contributed by atoms with Gasteiger partial charge < -0.3 is 15.7 Å². The molecule has 4 nitrogen and oxygen atoms in total. The molecule has 1 fully saturated rings. The van der Waals surface area contributed by atoms with E-state index in [2.05, 4.69) is 9.88 Å². The molecule has 0 bridgehead atoms. The molecule has 2 rings (SSSR count). The van der Waals surface area contributed by atoms with Gasteiger partial charge in [0.2, 0.25) is 0 Å². The van der Waals surface area contributed by atoms with Gasteiger partial charge in [-0.25, -0.2) is 4.98 Å². The number of nitrogen functional groups attached to an aromatic ring is 1. The van der Waals surface area contributed by atoms with E-state index in [1.54, 1.807) is 0 Å². The molecule has 1 aliphatic rings. The van der Waals surface area contributed by atoms with Crippen molar-refractivity contribution in [3.63, 3.8) is 0 Å². The van der Waals surface area contributed by atoms with E-state index in [4.69, 9.17) is 10.8 Å². The minimum atomic E-state index is 0.273. The quantitative estimate of drug-likeness (QED) is 0.804. The van der Waals surface area contributed by atoms with Crippen LogP contribution in [0.2, 0.25) is 0 Å². The summed E-state index contributed by atoms with van der Waals surface area (Å²) in [6, 6.07) is 1.96. The number of rotatable bonds is 3. The van der Waals surface area contributed by atoms with Crippen LogP contribution in [0.5, 0.6) is 0 Å². The highest BCUT2D eigenvalue weighted by atomic mass is 16.3. The zero-order valence-electron chi connectivity index (χ0n) is 9.69. The van der Waals surface area contributed by atoms with Gasteiger partial charge in [-0.05, 0) is 37.3 Å². The number of nitrogens with two attached hydrogens (primary N) is 1. The second-order valence-electron chi connectivity index (χ2n) is 4.54. The Morgan fingerprint density at radius 1 is 1.62 bits per heavy atom. The normalized spacial score (nSPS) is 20.4. The average Bonchev–Trinajstić information content (AvgIpc) is 2.67. The van der Waals surface area contributed by atoms with Gasteiger partial charge in [0.1, 0.15) is 0 Å². The van der Waals surface area contributed by atoms with Crippen LogP contribution in [-0.4, -0.2) is 29.8 Å². The number of hydrogen-bond acceptors (Lipinski definition) is 4. The predicted molar refractivity (Wildman–Crippen MR) is 65.4 cm³/mol. The molecule has 1 saturated heterocycles. The lowest BCUT2D eigenvalue weighted by Gasteiger charge is -2.19. The Kier molecular flexibility index (Phi) is 3.29. The summed E-state index contributed by atoms with van der Waals surface area (Å²) in [4.78, 5) is 6.61. The highest BCUT2D eigenvalue weighted by Crippen LogP contribution is 2.28. The standard InChI is InChI=1S/C12H19N3O/c1-9-6-11(13)12(14-7-9)15-4-2-10(8-15)3-5-16/h6-7,10,16H,2-5,8,13H2,1H3. The summed E-state index contributed by atoms with van der Waals surface area (Å²) in [6.07, 6.45) is 3.85. The molecule has 0 aliphatic carbocycles. The number of pyridine rings is 1. The van der Waals surface area contributed by atoms with Crippen LogP contribution in [0.25, 0.3) is 0 Å². The highest BCUT2D eigenvalue weighted by molar-refractivity contribution is 5.63. The van der Waals surface area contributed by atoms with Gasteiger partial charge >= 0.3 is 0 Å². The highest BCUT2D eigenvalue weighted by Gasteiger charge is 2.24. The minimum absolute atomic E-state index is 0.273. The average molecular weight is 221 g/mol. The van der Waals surface area contributed by atoms with Gasteiger partial charge in [0.05, 0.1) is 5.69 Å². The second kappa shape index (κ2) is 4.70. The van der Waals surface area contributed by atoms with E-state index in [1.807, 2.05) is 19.2 Å². The Balaban J connectivity index is 2.08. The van der Waals surface area contributed by atoms with Gasteiger partial charge in [-0.15, -0.1) is 0 Å². The van der Waals surface area contributed by atoms with Gasteiger partial charge in [-0.2, -0.15) is 0 Å². The third kappa shape index (κ3) is 2.27. The summed E-state index contributed by atoms with van der Waals surface area (Å²) in [5.74, 6) is 1.47. The topological polar surface area (TPSA) is 62.4 Å². The van der Waals surface area contributed by atoms with Crippen LogP contribution in [0.15, 0.2) is 12.3 Å². The molecule has 1 atom stereocenters. The molecule has 1 unspecified atom stereocenters. The first kappa shape index (κ1) is 11.2. The molecular weight excluding hydrogens is 202 g/mol. The summed E-state index contributed by atoms with van der Waals surface area (Å²) < 4.78 is 0. The third-order valence-electron chi connectivity index (χ3n) is 3.15. The van der Waals surface area contributed by atoms with Crippen molar-refractivity contribution in [2.45, 2.75) is 19.8 Å². The molecule has 16 heavy (non-hydrogen) atoms. The van der Waals surface area contributed by atoms with Crippen molar-refractivity contribution in [1.82, 2.24) is 4.98 Å². The lowest BCUT2D eigenvalue weighted by atomic mass is 10.1. The first-order chi connectivity index (χ1) is 7.70. The predicted octanol–water partition coefficient (Wildman–Crippen LogP) is 1.18. The molecule has 3 N–H and O–H groups in total. The molecule has 4 heteroatoms. The van der Waals surface area contributed by atoms with Crippen LogP contribution in [0, 0.1) is 12.8 Å². The van der Waals surface area contributed by atoms with E-state index in [0.29, 0.717) is 5.92 Å². The Morgan fingerprint density at radius 2 is 2.44 bits per heavy atom. The Bertz CT molecular complexity index is 367. The molecule has 0 aromatic carbocycles. The fourth-order valence-electron chi connectivity index (χ4n) is 2.29. The zero-order valence-corrected chi connectivity index (χ0v) is 9.69. The van der Waals surface area contributed by atoms with Crippen molar-refractivity contribution in [2.24, 2.45) is 5.92 Å². The van der Waals surface area contributed by atoms with Gasteiger partial charge in [0.15, 0.2) is 5.82 Å². The monoisotopic (exact) mass is 221 g/mol. The Labute approximate surface area is 96.1 Å². The minimum Gasteiger partial charge on any atom is -0.396 e. The molecule has 2 heterocycles.